The standard InChI is InChI=1S/C15H37Si3/c1-14(2,3)18(12,15(4,5)6)13(16(7)8)17(9,10)11/h13H,1-12H3. The molecule has 18 heavy (non-hydrogen) atoms. The van der Waals surface area contributed by atoms with Crippen LogP contribution in [0.15, 0.2) is 0 Å². The van der Waals surface area contributed by atoms with Crippen molar-refractivity contribution in [2.45, 2.75) is 95.7 Å². The van der Waals surface area contributed by atoms with Crippen molar-refractivity contribution >= 4 is 24.9 Å². The van der Waals surface area contributed by atoms with E-state index in [0.717, 1.165) is 4.79 Å². The minimum Gasteiger partial charge on any atom is -0.0715 e. The number of rotatable bonds is 3. The van der Waals surface area contributed by atoms with Crippen LogP contribution in [0.1, 0.15) is 41.5 Å². The maximum Gasteiger partial charge on any atom is 0.0589 e. The second-order valence-corrected chi connectivity index (χ2v) is 25.3. The van der Waals surface area contributed by atoms with Gasteiger partial charge in [-0.15, -0.1) is 0 Å². The van der Waals surface area contributed by atoms with E-state index in [1.54, 1.807) is 0 Å². The Hall–Kier alpha value is 0.651. The largest absolute Gasteiger partial charge is 0.0715 e. The zero-order valence-corrected chi connectivity index (χ0v) is 18.1. The van der Waals surface area contributed by atoms with E-state index in [9.17, 15) is 0 Å². The maximum absolute atomic E-state index is 2.72. The van der Waals surface area contributed by atoms with Crippen molar-refractivity contribution in [3.05, 3.63) is 0 Å². The van der Waals surface area contributed by atoms with E-state index in [4.69, 9.17) is 0 Å². The van der Waals surface area contributed by atoms with Gasteiger partial charge in [-0.05, 0) is 10.1 Å². The first-order valence-corrected chi connectivity index (χ1v) is 16.1. The van der Waals surface area contributed by atoms with Gasteiger partial charge in [-0.3, -0.25) is 0 Å². The average Bonchev–Trinajstić information content (AvgIpc) is 1.95. The molecule has 0 aliphatic carbocycles. The molecule has 0 rings (SSSR count). The lowest BCUT2D eigenvalue weighted by Gasteiger charge is -2.59. The van der Waals surface area contributed by atoms with Gasteiger partial charge in [0.2, 0.25) is 0 Å². The Morgan fingerprint density at radius 3 is 1.06 bits per heavy atom. The van der Waals surface area contributed by atoms with Gasteiger partial charge in [0, 0.05) is 16.9 Å². The molecular weight excluding hydrogens is 264 g/mol. The summed E-state index contributed by atoms with van der Waals surface area (Å²) in [5, 5.41) is 0.996. The molecule has 0 bridgehead atoms. The van der Waals surface area contributed by atoms with Crippen LogP contribution < -0.4 is 0 Å². The van der Waals surface area contributed by atoms with Gasteiger partial charge in [0.1, 0.15) is 0 Å². The lowest BCUT2D eigenvalue weighted by atomic mass is 10.2. The topological polar surface area (TPSA) is 0 Å². The molecule has 0 aliphatic heterocycles. The summed E-state index contributed by atoms with van der Waals surface area (Å²) in [4.78, 5) is 1.08. The Balaban J connectivity index is 6.02. The van der Waals surface area contributed by atoms with Crippen LogP contribution >= 0.6 is 0 Å². The van der Waals surface area contributed by atoms with Crippen LogP contribution in [0.2, 0.25) is 54.1 Å². The summed E-state index contributed by atoms with van der Waals surface area (Å²) in [5.74, 6) is 0. The van der Waals surface area contributed by atoms with Gasteiger partial charge < -0.3 is 0 Å². The summed E-state index contributed by atoms with van der Waals surface area (Å²) in [6, 6.07) is 0. The van der Waals surface area contributed by atoms with E-state index in [1.165, 1.54) is 0 Å². The first-order valence-electron chi connectivity index (χ1n) is 7.37. The highest BCUT2D eigenvalue weighted by molar-refractivity contribution is 7.10. The van der Waals surface area contributed by atoms with Gasteiger partial charge in [-0.1, -0.05) is 85.6 Å². The van der Waals surface area contributed by atoms with Crippen molar-refractivity contribution in [2.24, 2.45) is 0 Å². The maximum atomic E-state index is 2.72. The summed E-state index contributed by atoms with van der Waals surface area (Å²) < 4.78 is 0. The monoisotopic (exact) mass is 301 g/mol. The van der Waals surface area contributed by atoms with Crippen molar-refractivity contribution in [1.29, 1.82) is 0 Å². The summed E-state index contributed by atoms with van der Waals surface area (Å²) in [7, 11) is -2.70. The number of hydrogen-bond acceptors (Lipinski definition) is 0. The second kappa shape index (κ2) is 5.21. The first kappa shape index (κ1) is 18.7. The predicted octanol–water partition coefficient (Wildman–Crippen LogP) is 6.21. The predicted molar refractivity (Wildman–Crippen MR) is 95.6 cm³/mol. The fourth-order valence-corrected chi connectivity index (χ4v) is 32.0. The Morgan fingerprint density at radius 2 is 1.00 bits per heavy atom. The quantitative estimate of drug-likeness (QED) is 0.544. The van der Waals surface area contributed by atoms with Crippen LogP contribution in [0.4, 0.5) is 0 Å². The summed E-state index contributed by atoms with van der Waals surface area (Å²) in [6.45, 7) is 30.8. The molecule has 3 heteroatoms. The molecule has 0 fully saturated rings. The molecule has 1 radical (unpaired) electrons. The third-order valence-corrected chi connectivity index (χ3v) is 27.5. The Kier molecular flexibility index (Phi) is 5.40. The van der Waals surface area contributed by atoms with E-state index < -0.39 is 16.1 Å². The molecule has 0 aromatic carbocycles. The molecule has 1 unspecified atom stereocenters. The third-order valence-electron chi connectivity index (χ3n) is 5.14. The molecule has 109 valence electrons. The zero-order valence-electron chi connectivity index (χ0n) is 15.1. The summed E-state index contributed by atoms with van der Waals surface area (Å²) in [6.07, 6.45) is 0. The fourth-order valence-electron chi connectivity index (χ4n) is 4.30. The molecule has 0 aromatic heterocycles. The van der Waals surface area contributed by atoms with Crippen LogP contribution in [0, 0.1) is 0 Å². The first-order chi connectivity index (χ1) is 7.57. The van der Waals surface area contributed by atoms with Crippen molar-refractivity contribution in [3.8, 4) is 0 Å². The molecule has 0 heterocycles. The SMILES string of the molecule is C[Si](C)C([Si](C)(C)C)[Si](C)(C(C)(C)C)C(C)(C)C. The molecule has 0 nitrogen and oxygen atoms in total. The van der Waals surface area contributed by atoms with E-state index in [-0.39, 0.29) is 8.80 Å². The van der Waals surface area contributed by atoms with Gasteiger partial charge >= 0.3 is 0 Å². The van der Waals surface area contributed by atoms with E-state index >= 15 is 0 Å². The van der Waals surface area contributed by atoms with Crippen LogP contribution in [0.25, 0.3) is 0 Å². The van der Waals surface area contributed by atoms with Crippen molar-refractivity contribution in [1.82, 2.24) is 0 Å². The molecular formula is C15H37Si3. The minimum absolute atomic E-state index is 0.228. The van der Waals surface area contributed by atoms with Crippen LogP contribution in [-0.4, -0.2) is 24.9 Å². The van der Waals surface area contributed by atoms with Crippen molar-refractivity contribution < 1.29 is 0 Å². The lowest BCUT2D eigenvalue weighted by molar-refractivity contribution is 0.612. The second-order valence-electron chi connectivity index (χ2n) is 9.58. The molecule has 0 aliphatic rings. The zero-order chi connectivity index (χ0) is 15.2. The fraction of sp³-hybridized carbons (Fsp3) is 1.00. The van der Waals surface area contributed by atoms with Crippen molar-refractivity contribution in [2.75, 3.05) is 0 Å². The smallest absolute Gasteiger partial charge is 0.0589 e. The normalized spacial score (nSPS) is 17.2. The Morgan fingerprint density at radius 1 is 0.722 bits per heavy atom. The van der Waals surface area contributed by atoms with Crippen LogP contribution in [0.3, 0.4) is 0 Å². The molecule has 0 aromatic rings. The highest BCUT2D eigenvalue weighted by atomic mass is 28.4. The lowest BCUT2D eigenvalue weighted by Crippen LogP contribution is -2.62. The Bertz CT molecular complexity index is 260. The van der Waals surface area contributed by atoms with Gasteiger partial charge in [0.15, 0.2) is 0 Å². The van der Waals surface area contributed by atoms with Crippen LogP contribution in [-0.2, 0) is 0 Å². The molecule has 0 saturated heterocycles. The third kappa shape index (κ3) is 3.40. The highest BCUT2D eigenvalue weighted by Gasteiger charge is 2.57. The number of hydrogen-bond donors (Lipinski definition) is 0. The molecule has 0 N–H and O–H groups in total. The van der Waals surface area contributed by atoms with Gasteiger partial charge in [0.05, 0.1) is 8.07 Å². The minimum atomic E-state index is -1.37. The van der Waals surface area contributed by atoms with Crippen molar-refractivity contribution in [3.63, 3.8) is 0 Å². The molecule has 0 amide bonds. The van der Waals surface area contributed by atoms with E-state index in [2.05, 4.69) is 80.8 Å². The van der Waals surface area contributed by atoms with Gasteiger partial charge in [-0.25, -0.2) is 0 Å². The van der Waals surface area contributed by atoms with Gasteiger partial charge in [-0.2, -0.15) is 0 Å². The summed E-state index contributed by atoms with van der Waals surface area (Å²) >= 11 is 0. The summed E-state index contributed by atoms with van der Waals surface area (Å²) in [5.41, 5.74) is 0. The van der Waals surface area contributed by atoms with E-state index in [1.807, 2.05) is 0 Å². The molecule has 0 saturated carbocycles. The molecule has 0 spiro atoms. The highest BCUT2D eigenvalue weighted by Crippen LogP contribution is 2.59. The average molecular weight is 302 g/mol. The molecule has 1 atom stereocenters. The Labute approximate surface area is 121 Å². The van der Waals surface area contributed by atoms with E-state index in [0.29, 0.717) is 10.1 Å². The van der Waals surface area contributed by atoms with Crippen LogP contribution in [0.5, 0.6) is 0 Å². The van der Waals surface area contributed by atoms with Gasteiger partial charge in [0.25, 0.3) is 0 Å².